The largest absolute Gasteiger partial charge is 0.481 e. The number of piperidine rings is 1. The minimum atomic E-state index is -4.57. The van der Waals surface area contributed by atoms with Crippen molar-refractivity contribution in [2.75, 3.05) is 42.5 Å². The summed E-state index contributed by atoms with van der Waals surface area (Å²) in [6.07, 6.45) is -2.53. The molecule has 1 aromatic carbocycles. The predicted molar refractivity (Wildman–Crippen MR) is 155 cm³/mol. The van der Waals surface area contributed by atoms with Crippen molar-refractivity contribution in [1.29, 1.82) is 0 Å². The van der Waals surface area contributed by atoms with Crippen molar-refractivity contribution in [2.45, 2.75) is 77.6 Å². The number of benzene rings is 1. The standard InChI is InChI=1S/C18H25F3N4O2.C10H10F3NO.C2H6/c19-18(20,21)17-22-14(24-8-1-2-9-24)12-15(23-17)25-10-6-13(7-11-25)4-3-5-16(26)27;11-10(12,13)9-3-1-8(2-4-9)5-6-14-7-15;1-2/h12-13H,1-11H2,(H,26,27);1-4,7H,5-6H2,(H,14,15);1-2H3. The number of carbonyl (C=O) groups excluding carboxylic acids is 1. The SMILES string of the molecule is CC.O=C(O)CCCC1CCN(c2cc(N3CCCC3)nc(C(F)(F)F)n2)CC1.O=CNCCc1ccc(C(F)(F)F)cc1. The number of rotatable bonds is 10. The number of alkyl halides is 6. The first kappa shape index (κ1) is 36.6. The Morgan fingerprint density at radius 1 is 0.932 bits per heavy atom. The zero-order valence-corrected chi connectivity index (χ0v) is 25.1. The molecule has 0 unspecified atom stereocenters. The van der Waals surface area contributed by atoms with Crippen molar-refractivity contribution < 1.29 is 41.0 Å². The Hall–Kier alpha value is -3.58. The van der Waals surface area contributed by atoms with E-state index >= 15 is 0 Å². The third-order valence-corrected chi connectivity index (χ3v) is 7.25. The molecule has 0 bridgehead atoms. The molecule has 2 aliphatic rings. The van der Waals surface area contributed by atoms with Crippen LogP contribution in [0.4, 0.5) is 38.0 Å². The van der Waals surface area contributed by atoms with Gasteiger partial charge in [-0.3, -0.25) is 9.59 Å². The van der Waals surface area contributed by atoms with E-state index < -0.39 is 29.7 Å². The van der Waals surface area contributed by atoms with Crippen LogP contribution in [-0.2, 0) is 28.4 Å². The first-order valence-electron chi connectivity index (χ1n) is 14.9. The van der Waals surface area contributed by atoms with E-state index in [-0.39, 0.29) is 6.42 Å². The number of halogens is 6. The molecule has 1 aromatic heterocycles. The molecular formula is C30H41F6N5O3. The molecule has 0 spiro atoms. The maximum Gasteiger partial charge on any atom is 0.451 e. The van der Waals surface area contributed by atoms with Crippen LogP contribution in [0, 0.1) is 5.92 Å². The zero-order valence-electron chi connectivity index (χ0n) is 25.1. The quantitative estimate of drug-likeness (QED) is 0.173. The number of nitrogens with one attached hydrogen (secondary N) is 1. The molecule has 3 heterocycles. The number of hydrogen-bond acceptors (Lipinski definition) is 6. The van der Waals surface area contributed by atoms with Crippen LogP contribution < -0.4 is 15.1 Å². The van der Waals surface area contributed by atoms with Gasteiger partial charge < -0.3 is 20.2 Å². The summed E-state index contributed by atoms with van der Waals surface area (Å²) < 4.78 is 76.3. The van der Waals surface area contributed by atoms with E-state index in [0.29, 0.717) is 56.4 Å². The maximum absolute atomic E-state index is 13.3. The Bertz CT molecular complexity index is 1150. The molecule has 2 saturated heterocycles. The molecule has 0 aliphatic carbocycles. The second-order valence-electron chi connectivity index (χ2n) is 10.3. The second-order valence-corrected chi connectivity index (χ2v) is 10.3. The fraction of sp³-hybridized carbons (Fsp3) is 0.600. The molecule has 44 heavy (non-hydrogen) atoms. The van der Waals surface area contributed by atoms with Crippen molar-refractivity contribution in [3.63, 3.8) is 0 Å². The van der Waals surface area contributed by atoms with Gasteiger partial charge in [0.15, 0.2) is 0 Å². The Balaban J connectivity index is 0.000000337. The van der Waals surface area contributed by atoms with Crippen LogP contribution in [0.2, 0.25) is 0 Å². The van der Waals surface area contributed by atoms with Crippen LogP contribution in [0.25, 0.3) is 0 Å². The van der Waals surface area contributed by atoms with E-state index in [4.69, 9.17) is 5.11 Å². The van der Waals surface area contributed by atoms with E-state index in [1.165, 1.54) is 12.1 Å². The van der Waals surface area contributed by atoms with E-state index in [1.807, 2.05) is 23.6 Å². The number of hydrogen-bond donors (Lipinski definition) is 2. The first-order chi connectivity index (χ1) is 20.9. The fourth-order valence-electron chi connectivity index (χ4n) is 4.95. The second kappa shape index (κ2) is 17.6. The first-order valence-corrected chi connectivity index (χ1v) is 14.9. The van der Waals surface area contributed by atoms with Crippen LogP contribution in [0.3, 0.4) is 0 Å². The van der Waals surface area contributed by atoms with Crippen LogP contribution >= 0.6 is 0 Å². The number of anilines is 2. The monoisotopic (exact) mass is 633 g/mol. The van der Waals surface area contributed by atoms with Gasteiger partial charge in [-0.2, -0.15) is 26.3 Å². The van der Waals surface area contributed by atoms with Gasteiger partial charge in [0.1, 0.15) is 11.6 Å². The number of nitrogens with zero attached hydrogens (tertiary/aromatic N) is 4. The summed E-state index contributed by atoms with van der Waals surface area (Å²) in [6.45, 7) is 7.13. The van der Waals surface area contributed by atoms with Crippen LogP contribution in [0.1, 0.15) is 75.7 Å². The summed E-state index contributed by atoms with van der Waals surface area (Å²) in [7, 11) is 0. The van der Waals surface area contributed by atoms with Crippen LogP contribution in [-0.4, -0.2) is 60.2 Å². The van der Waals surface area contributed by atoms with Gasteiger partial charge in [0.25, 0.3) is 0 Å². The minimum Gasteiger partial charge on any atom is -0.481 e. The van der Waals surface area contributed by atoms with E-state index in [9.17, 15) is 35.9 Å². The van der Waals surface area contributed by atoms with Crippen LogP contribution in [0.15, 0.2) is 30.3 Å². The lowest BCUT2D eigenvalue weighted by Gasteiger charge is -2.33. The van der Waals surface area contributed by atoms with Gasteiger partial charge in [0.2, 0.25) is 12.2 Å². The Morgan fingerprint density at radius 2 is 1.48 bits per heavy atom. The molecule has 0 radical (unpaired) electrons. The Labute approximate surface area is 253 Å². The van der Waals surface area contributed by atoms with Crippen molar-refractivity contribution in [1.82, 2.24) is 15.3 Å². The predicted octanol–water partition coefficient (Wildman–Crippen LogP) is 6.59. The molecule has 2 fully saturated rings. The highest BCUT2D eigenvalue weighted by atomic mass is 19.4. The molecule has 0 atom stereocenters. The molecule has 14 heteroatoms. The third-order valence-electron chi connectivity index (χ3n) is 7.25. The summed E-state index contributed by atoms with van der Waals surface area (Å²) in [5.74, 6) is -0.757. The summed E-state index contributed by atoms with van der Waals surface area (Å²) in [5, 5.41) is 11.2. The highest BCUT2D eigenvalue weighted by molar-refractivity contribution is 5.66. The summed E-state index contributed by atoms with van der Waals surface area (Å²) in [6, 6.07) is 6.57. The topological polar surface area (TPSA) is 98.7 Å². The van der Waals surface area contributed by atoms with Crippen molar-refractivity contribution in [2.24, 2.45) is 5.92 Å². The molecule has 8 nitrogen and oxygen atoms in total. The molecule has 1 amide bonds. The number of aliphatic carboxylic acids is 1. The number of aromatic nitrogens is 2. The average Bonchev–Trinajstić information content (AvgIpc) is 3.54. The maximum atomic E-state index is 13.3. The summed E-state index contributed by atoms with van der Waals surface area (Å²) >= 11 is 0. The molecular weight excluding hydrogens is 592 g/mol. The average molecular weight is 634 g/mol. The lowest BCUT2D eigenvalue weighted by atomic mass is 9.91. The number of carboxylic acids is 1. The Morgan fingerprint density at radius 3 is 1.95 bits per heavy atom. The molecule has 2 aromatic rings. The highest BCUT2D eigenvalue weighted by Crippen LogP contribution is 2.33. The van der Waals surface area contributed by atoms with Gasteiger partial charge in [0, 0.05) is 45.2 Å². The molecule has 246 valence electrons. The van der Waals surface area contributed by atoms with Crippen molar-refractivity contribution in [3.8, 4) is 0 Å². The number of carbonyl (C=O) groups is 2. The highest BCUT2D eigenvalue weighted by Gasteiger charge is 2.37. The Kier molecular flexibility index (Phi) is 14.7. The lowest BCUT2D eigenvalue weighted by molar-refractivity contribution is -0.145. The van der Waals surface area contributed by atoms with E-state index in [2.05, 4.69) is 15.3 Å². The van der Waals surface area contributed by atoms with E-state index in [0.717, 1.165) is 62.9 Å². The summed E-state index contributed by atoms with van der Waals surface area (Å²) in [5.41, 5.74) is 0.104. The third kappa shape index (κ3) is 12.2. The number of amides is 1. The smallest absolute Gasteiger partial charge is 0.451 e. The molecule has 4 rings (SSSR count). The van der Waals surface area contributed by atoms with Gasteiger partial charge in [-0.1, -0.05) is 26.0 Å². The summed E-state index contributed by atoms with van der Waals surface area (Å²) in [4.78, 5) is 31.9. The normalized spacial score (nSPS) is 15.5. The van der Waals surface area contributed by atoms with Crippen LogP contribution in [0.5, 0.6) is 0 Å². The molecule has 0 saturated carbocycles. The van der Waals surface area contributed by atoms with Gasteiger partial charge in [-0.05, 0) is 68.6 Å². The zero-order chi connectivity index (χ0) is 32.8. The van der Waals surface area contributed by atoms with Gasteiger partial charge >= 0.3 is 18.3 Å². The minimum absolute atomic E-state index is 0.167. The fourth-order valence-corrected chi connectivity index (χ4v) is 4.95. The lowest BCUT2D eigenvalue weighted by Crippen LogP contribution is -2.35. The van der Waals surface area contributed by atoms with Gasteiger partial charge in [-0.25, -0.2) is 9.97 Å². The molecule has 2 aliphatic heterocycles. The molecule has 2 N–H and O–H groups in total. The van der Waals surface area contributed by atoms with Crippen molar-refractivity contribution in [3.05, 3.63) is 47.3 Å². The number of carboxylic acid groups (broad SMARTS) is 1. The van der Waals surface area contributed by atoms with Gasteiger partial charge in [0.05, 0.1) is 5.56 Å². The van der Waals surface area contributed by atoms with Gasteiger partial charge in [-0.15, -0.1) is 0 Å². The van der Waals surface area contributed by atoms with E-state index in [1.54, 1.807) is 6.07 Å². The van der Waals surface area contributed by atoms with Crippen molar-refractivity contribution >= 4 is 24.0 Å².